The van der Waals surface area contributed by atoms with Gasteiger partial charge in [-0.2, -0.15) is 0 Å². The van der Waals surface area contributed by atoms with Crippen molar-refractivity contribution in [1.82, 2.24) is 25.3 Å². The zero-order valence-electron chi connectivity index (χ0n) is 37.7. The van der Waals surface area contributed by atoms with Crippen molar-refractivity contribution >= 4 is 35.7 Å². The highest BCUT2D eigenvalue weighted by atomic mass is 19.1. The fourth-order valence-electron chi connectivity index (χ4n) is 8.24. The van der Waals surface area contributed by atoms with Gasteiger partial charge in [0.05, 0.1) is 50.3 Å². The summed E-state index contributed by atoms with van der Waals surface area (Å²) in [5, 5.41) is 5.48. The van der Waals surface area contributed by atoms with E-state index in [1.807, 2.05) is 44.2 Å². The van der Waals surface area contributed by atoms with Crippen LogP contribution in [0.15, 0.2) is 30.3 Å². The first kappa shape index (κ1) is 50.0. The van der Waals surface area contributed by atoms with Crippen LogP contribution in [0.4, 0.5) is 9.18 Å². The molecule has 1 aromatic rings. The molecule has 2 aliphatic rings. The summed E-state index contributed by atoms with van der Waals surface area (Å²) < 4.78 is 38.4. The van der Waals surface area contributed by atoms with Gasteiger partial charge in [-0.15, -0.1) is 0 Å². The third-order valence-corrected chi connectivity index (χ3v) is 11.8. The number of halogens is 1. The van der Waals surface area contributed by atoms with E-state index < -0.39 is 95.8 Å². The van der Waals surface area contributed by atoms with Gasteiger partial charge in [0, 0.05) is 47.2 Å². The van der Waals surface area contributed by atoms with Gasteiger partial charge in [0.15, 0.2) is 0 Å². The number of alkyl halides is 1. The Morgan fingerprint density at radius 3 is 2.17 bits per heavy atom. The van der Waals surface area contributed by atoms with Crippen LogP contribution in [0.1, 0.15) is 93.1 Å². The topological polar surface area (TPSA) is 173 Å². The molecule has 0 spiro atoms. The van der Waals surface area contributed by atoms with Crippen LogP contribution in [0, 0.1) is 17.8 Å². The van der Waals surface area contributed by atoms with Gasteiger partial charge < -0.3 is 44.3 Å². The first-order chi connectivity index (χ1) is 28.1. The number of esters is 1. The van der Waals surface area contributed by atoms with Crippen molar-refractivity contribution < 1.29 is 52.1 Å². The fourth-order valence-corrected chi connectivity index (χ4v) is 8.24. The van der Waals surface area contributed by atoms with Gasteiger partial charge in [-0.05, 0) is 51.0 Å². The van der Waals surface area contributed by atoms with Crippen LogP contribution in [0.2, 0.25) is 0 Å². The number of hydrogen-bond acceptors (Lipinski definition) is 10. The Balaban J connectivity index is 1.76. The van der Waals surface area contributed by atoms with Crippen molar-refractivity contribution in [1.29, 1.82) is 0 Å². The molecule has 1 aromatic carbocycles. The Kier molecular flexibility index (Phi) is 18.3. The average molecular weight is 848 g/mol. The van der Waals surface area contributed by atoms with E-state index in [9.17, 15) is 28.8 Å². The van der Waals surface area contributed by atoms with E-state index in [0.29, 0.717) is 25.8 Å². The molecular formula is C44H70FN5O10. The van der Waals surface area contributed by atoms with Crippen LogP contribution < -0.4 is 10.6 Å². The molecule has 0 bridgehead atoms. The SMILES string of the molecule is CC[C@H](C)[C@@H]([C@@H](CC(=O)N1CCC[C@H]1[C@H](OC)[C@@H](C)C(=O)N[C@@H](Cc1ccccc1)C(=O)OC)OC)N(C)C(=O)[C@@H](NC(=O)[C@@]1(F)CCN(C(=O)OC(C)(C)C)C1)C(C)C. The normalized spacial score (nSPS) is 21.6. The minimum absolute atomic E-state index is 0.0155. The molecule has 3 rings (SSSR count). The largest absolute Gasteiger partial charge is 0.467 e. The Labute approximate surface area is 355 Å². The lowest BCUT2D eigenvalue weighted by atomic mass is 9.89. The second-order valence-corrected chi connectivity index (χ2v) is 17.7. The second kappa shape index (κ2) is 22.0. The molecule has 0 unspecified atom stereocenters. The first-order valence-corrected chi connectivity index (χ1v) is 21.1. The van der Waals surface area contributed by atoms with E-state index in [2.05, 4.69) is 10.6 Å². The monoisotopic (exact) mass is 848 g/mol. The predicted octanol–water partition coefficient (Wildman–Crippen LogP) is 4.30. The van der Waals surface area contributed by atoms with Crippen molar-refractivity contribution in [2.75, 3.05) is 48.0 Å². The van der Waals surface area contributed by atoms with Gasteiger partial charge in [0.25, 0.3) is 5.91 Å². The van der Waals surface area contributed by atoms with Crippen LogP contribution in [-0.4, -0.2) is 146 Å². The molecule has 0 aromatic heterocycles. The lowest BCUT2D eigenvalue weighted by Crippen LogP contribution is -2.60. The molecule has 2 saturated heterocycles. The minimum atomic E-state index is -2.42. The Morgan fingerprint density at radius 2 is 1.62 bits per heavy atom. The molecule has 15 nitrogen and oxygen atoms in total. The number of nitrogens with zero attached hydrogens (tertiary/aromatic N) is 3. The third-order valence-electron chi connectivity index (χ3n) is 11.8. The molecule has 60 heavy (non-hydrogen) atoms. The van der Waals surface area contributed by atoms with Crippen molar-refractivity contribution in [3.05, 3.63) is 35.9 Å². The maximum atomic E-state index is 16.1. The molecule has 0 aliphatic carbocycles. The number of nitrogens with one attached hydrogen (secondary N) is 2. The molecule has 2 N–H and O–H groups in total. The standard InChI is InChI=1S/C44H70FN5O10/c1-13-28(4)36(48(9)39(53)35(27(2)3)47-41(55)44(45)21-23-49(26-44)42(56)60-43(6,7)8)33(57-10)25-34(51)50-22-17-20-32(50)37(58-11)29(5)38(52)46-31(40(54)59-12)24-30-18-15-14-16-19-30/h14-16,18-19,27-29,31-33,35-37H,13,17,20-26H2,1-12H3,(H,46,52)(H,47,55)/t28-,29+,31-,32-,33+,35-,36-,37+,44+/m0/s1. The predicted molar refractivity (Wildman–Crippen MR) is 223 cm³/mol. The van der Waals surface area contributed by atoms with Crippen LogP contribution in [0.5, 0.6) is 0 Å². The molecule has 2 fully saturated rings. The number of rotatable bonds is 19. The molecule has 338 valence electrons. The van der Waals surface area contributed by atoms with E-state index in [4.69, 9.17) is 18.9 Å². The van der Waals surface area contributed by atoms with Gasteiger partial charge in [0.1, 0.15) is 17.7 Å². The summed E-state index contributed by atoms with van der Waals surface area (Å²) >= 11 is 0. The summed E-state index contributed by atoms with van der Waals surface area (Å²) in [5.74, 6) is -4.04. The smallest absolute Gasteiger partial charge is 0.410 e. The maximum Gasteiger partial charge on any atom is 0.410 e. The molecule has 0 saturated carbocycles. The summed E-state index contributed by atoms with van der Waals surface area (Å²) in [4.78, 5) is 85.5. The lowest BCUT2D eigenvalue weighted by molar-refractivity contribution is -0.149. The number of methoxy groups -OCH3 is 3. The van der Waals surface area contributed by atoms with Gasteiger partial charge in [-0.3, -0.25) is 19.2 Å². The zero-order valence-corrected chi connectivity index (χ0v) is 37.7. The summed E-state index contributed by atoms with van der Waals surface area (Å²) in [6, 6.07) is 6.17. The van der Waals surface area contributed by atoms with Crippen LogP contribution >= 0.6 is 0 Å². The Bertz CT molecular complexity index is 1630. The summed E-state index contributed by atoms with van der Waals surface area (Å²) in [6.07, 6.45) is -0.403. The minimum Gasteiger partial charge on any atom is -0.467 e. The number of ether oxygens (including phenoxy) is 4. The number of carbonyl (C=O) groups is 6. The highest BCUT2D eigenvalue weighted by Crippen LogP contribution is 2.31. The molecule has 2 heterocycles. The second-order valence-electron chi connectivity index (χ2n) is 17.7. The summed E-state index contributed by atoms with van der Waals surface area (Å²) in [5.41, 5.74) is -2.36. The molecule has 16 heteroatoms. The van der Waals surface area contributed by atoms with Gasteiger partial charge in [0.2, 0.25) is 23.4 Å². The molecule has 5 amide bonds. The van der Waals surface area contributed by atoms with E-state index in [-0.39, 0.29) is 37.6 Å². The molecule has 0 radical (unpaired) electrons. The van der Waals surface area contributed by atoms with Crippen LogP contribution in [0.25, 0.3) is 0 Å². The van der Waals surface area contributed by atoms with Crippen LogP contribution in [-0.2, 0) is 49.3 Å². The van der Waals surface area contributed by atoms with Crippen LogP contribution in [0.3, 0.4) is 0 Å². The first-order valence-electron chi connectivity index (χ1n) is 21.1. The quantitative estimate of drug-likeness (QED) is 0.191. The van der Waals surface area contributed by atoms with E-state index >= 15 is 4.39 Å². The number of likely N-dealkylation sites (N-methyl/N-ethyl adjacent to an activating group) is 1. The number of amides is 5. The highest BCUT2D eigenvalue weighted by molar-refractivity contribution is 5.92. The lowest BCUT2D eigenvalue weighted by Gasteiger charge is -2.41. The average Bonchev–Trinajstić information content (AvgIpc) is 3.86. The maximum absolute atomic E-state index is 16.1. The third kappa shape index (κ3) is 12.9. The molecular weight excluding hydrogens is 778 g/mol. The fraction of sp³-hybridized carbons (Fsp3) is 0.727. The zero-order chi connectivity index (χ0) is 45.1. The number of likely N-dealkylation sites (tertiary alicyclic amines) is 2. The Hall–Kier alpha value is -4.31. The van der Waals surface area contributed by atoms with Crippen molar-refractivity contribution in [2.45, 2.75) is 142 Å². The van der Waals surface area contributed by atoms with Gasteiger partial charge in [-0.1, -0.05) is 71.4 Å². The van der Waals surface area contributed by atoms with Crippen molar-refractivity contribution in [3.63, 3.8) is 0 Å². The number of carbonyl (C=O) groups excluding carboxylic acids is 6. The summed E-state index contributed by atoms with van der Waals surface area (Å²) in [6.45, 7) is 14.1. The molecule has 9 atom stereocenters. The van der Waals surface area contributed by atoms with Crippen molar-refractivity contribution in [3.8, 4) is 0 Å². The highest BCUT2D eigenvalue weighted by Gasteiger charge is 2.49. The number of hydrogen-bond donors (Lipinski definition) is 2. The van der Waals surface area contributed by atoms with E-state index in [0.717, 1.165) is 10.5 Å². The molecule has 2 aliphatic heterocycles. The van der Waals surface area contributed by atoms with E-state index in [1.165, 1.54) is 26.2 Å². The van der Waals surface area contributed by atoms with Crippen molar-refractivity contribution in [2.24, 2.45) is 17.8 Å². The van der Waals surface area contributed by atoms with E-state index in [1.54, 1.807) is 53.5 Å². The Morgan fingerprint density at radius 1 is 0.967 bits per heavy atom. The number of benzene rings is 1. The summed E-state index contributed by atoms with van der Waals surface area (Å²) in [7, 11) is 5.84. The van der Waals surface area contributed by atoms with Gasteiger partial charge >= 0.3 is 12.1 Å². The van der Waals surface area contributed by atoms with Gasteiger partial charge in [-0.25, -0.2) is 14.0 Å².